The van der Waals surface area contributed by atoms with Crippen molar-refractivity contribution in [3.8, 4) is 0 Å². The van der Waals surface area contributed by atoms with Crippen LogP contribution in [0.3, 0.4) is 0 Å². The molecule has 16 heavy (non-hydrogen) atoms. The van der Waals surface area contributed by atoms with Gasteiger partial charge in [-0.25, -0.2) is 0 Å². The molecule has 0 saturated carbocycles. The van der Waals surface area contributed by atoms with Gasteiger partial charge in [-0.05, 0) is 43.5 Å². The quantitative estimate of drug-likeness (QED) is 0.831. The minimum absolute atomic E-state index is 0.593. The third-order valence-electron chi connectivity index (χ3n) is 3.15. The Kier molecular flexibility index (Phi) is 3.85. The van der Waals surface area contributed by atoms with Crippen LogP contribution in [0.2, 0.25) is 5.02 Å². The van der Waals surface area contributed by atoms with Gasteiger partial charge in [-0.2, -0.15) is 0 Å². The maximum Gasteiger partial charge on any atom is 0.0811 e. The van der Waals surface area contributed by atoms with Gasteiger partial charge < -0.3 is 10.4 Å². The Labute approximate surface area is 102 Å². The maximum atomic E-state index is 10.5. The van der Waals surface area contributed by atoms with Gasteiger partial charge in [0, 0.05) is 18.0 Å². The number of hydrogen-bond acceptors (Lipinski definition) is 2. The van der Waals surface area contributed by atoms with E-state index in [9.17, 15) is 5.11 Å². The van der Waals surface area contributed by atoms with E-state index in [0.717, 1.165) is 36.4 Å². The number of β-amino-alcohol motifs (C(OH)–C–C–N with tert-alkyl or cyclic N) is 1. The molecule has 2 nitrogen and oxygen atoms in total. The van der Waals surface area contributed by atoms with Crippen LogP contribution in [0.4, 0.5) is 0 Å². The molecule has 0 radical (unpaired) electrons. The van der Waals surface area contributed by atoms with E-state index in [2.05, 4.69) is 5.32 Å². The minimum atomic E-state index is -0.593. The fourth-order valence-electron chi connectivity index (χ4n) is 2.25. The fourth-order valence-corrected chi connectivity index (χ4v) is 2.37. The molecule has 0 aromatic heterocycles. The van der Waals surface area contributed by atoms with Crippen molar-refractivity contribution in [2.75, 3.05) is 13.1 Å². The Hall–Kier alpha value is -0.570. The summed E-state index contributed by atoms with van der Waals surface area (Å²) in [5, 5.41) is 14.5. The van der Waals surface area contributed by atoms with Gasteiger partial charge in [0.1, 0.15) is 0 Å². The molecule has 1 unspecified atom stereocenters. The van der Waals surface area contributed by atoms with Gasteiger partial charge in [-0.15, -0.1) is 0 Å². The highest BCUT2D eigenvalue weighted by Crippen LogP contribution is 2.22. The third-order valence-corrected chi connectivity index (χ3v) is 3.40. The molecule has 1 fully saturated rings. The van der Waals surface area contributed by atoms with E-state index >= 15 is 0 Å². The van der Waals surface area contributed by atoms with Crippen molar-refractivity contribution in [3.05, 3.63) is 34.9 Å². The molecule has 1 saturated heterocycles. The molecule has 2 rings (SSSR count). The van der Waals surface area contributed by atoms with Crippen LogP contribution >= 0.6 is 11.6 Å². The molecule has 2 N–H and O–H groups in total. The van der Waals surface area contributed by atoms with Crippen LogP contribution < -0.4 is 5.32 Å². The van der Waals surface area contributed by atoms with E-state index in [0.29, 0.717) is 13.0 Å². The number of halogens is 1. The van der Waals surface area contributed by atoms with Crippen LogP contribution in [0.5, 0.6) is 0 Å². The lowest BCUT2D eigenvalue weighted by molar-refractivity contribution is 0.0367. The summed E-state index contributed by atoms with van der Waals surface area (Å²) in [4.78, 5) is 0. The van der Waals surface area contributed by atoms with Crippen LogP contribution in [0, 0.1) is 0 Å². The Morgan fingerprint density at radius 3 is 2.75 bits per heavy atom. The average molecular weight is 240 g/mol. The van der Waals surface area contributed by atoms with Crippen LogP contribution in [0.25, 0.3) is 0 Å². The topological polar surface area (TPSA) is 32.3 Å². The lowest BCUT2D eigenvalue weighted by Gasteiger charge is -2.26. The maximum absolute atomic E-state index is 10.5. The summed E-state index contributed by atoms with van der Waals surface area (Å²) >= 11 is 5.84. The van der Waals surface area contributed by atoms with Gasteiger partial charge >= 0.3 is 0 Å². The van der Waals surface area contributed by atoms with Gasteiger partial charge in [0.15, 0.2) is 0 Å². The number of benzene rings is 1. The number of rotatable bonds is 2. The Bertz CT molecular complexity index is 328. The number of nitrogens with one attached hydrogen (secondary N) is 1. The first-order valence-electron chi connectivity index (χ1n) is 5.86. The van der Waals surface area contributed by atoms with Crippen LogP contribution in [0.1, 0.15) is 24.8 Å². The second kappa shape index (κ2) is 5.17. The number of aliphatic hydroxyl groups is 1. The summed E-state index contributed by atoms with van der Waals surface area (Å²) in [7, 11) is 0. The molecule has 1 aliphatic rings. The highest BCUT2D eigenvalue weighted by Gasteiger charge is 2.27. The summed E-state index contributed by atoms with van der Waals surface area (Å²) in [6, 6.07) is 7.74. The largest absolute Gasteiger partial charge is 0.388 e. The fraction of sp³-hybridized carbons (Fsp3) is 0.538. The summed E-state index contributed by atoms with van der Waals surface area (Å²) in [5.41, 5.74) is 0.556. The molecule has 0 spiro atoms. The van der Waals surface area contributed by atoms with Crippen molar-refractivity contribution in [2.45, 2.75) is 31.3 Å². The monoisotopic (exact) mass is 239 g/mol. The Morgan fingerprint density at radius 2 is 2.00 bits per heavy atom. The van der Waals surface area contributed by atoms with Crippen molar-refractivity contribution in [3.63, 3.8) is 0 Å². The van der Waals surface area contributed by atoms with E-state index in [1.165, 1.54) is 0 Å². The lowest BCUT2D eigenvalue weighted by atomic mass is 9.90. The Balaban J connectivity index is 2.04. The zero-order valence-corrected chi connectivity index (χ0v) is 10.1. The molecule has 1 heterocycles. The molecule has 1 atom stereocenters. The van der Waals surface area contributed by atoms with Crippen molar-refractivity contribution < 1.29 is 5.11 Å². The van der Waals surface area contributed by atoms with Crippen molar-refractivity contribution >= 4 is 11.6 Å². The van der Waals surface area contributed by atoms with Crippen LogP contribution in [-0.2, 0) is 6.42 Å². The second-order valence-electron chi connectivity index (χ2n) is 4.66. The third kappa shape index (κ3) is 3.21. The lowest BCUT2D eigenvalue weighted by Crippen LogP contribution is -2.40. The van der Waals surface area contributed by atoms with E-state index in [1.54, 1.807) is 0 Å². The highest BCUT2D eigenvalue weighted by molar-refractivity contribution is 6.30. The van der Waals surface area contributed by atoms with E-state index in [1.807, 2.05) is 24.3 Å². The van der Waals surface area contributed by atoms with Crippen molar-refractivity contribution in [2.24, 2.45) is 0 Å². The van der Waals surface area contributed by atoms with Crippen molar-refractivity contribution in [1.29, 1.82) is 0 Å². The van der Waals surface area contributed by atoms with Gasteiger partial charge in [0.25, 0.3) is 0 Å². The predicted octanol–water partition coefficient (Wildman–Crippen LogP) is 2.39. The summed E-state index contributed by atoms with van der Waals surface area (Å²) in [5.74, 6) is 0. The standard InChI is InChI=1S/C13H18ClNO/c14-12-5-3-11(4-6-12)9-13(16)7-1-2-8-15-10-13/h3-6,15-16H,1-2,7-10H2. The molecule has 1 aromatic rings. The van der Waals surface area contributed by atoms with Gasteiger partial charge in [0.05, 0.1) is 5.60 Å². The van der Waals surface area contributed by atoms with Gasteiger partial charge in [0.2, 0.25) is 0 Å². The first-order valence-corrected chi connectivity index (χ1v) is 6.23. The van der Waals surface area contributed by atoms with E-state index in [4.69, 9.17) is 11.6 Å². The number of hydrogen-bond donors (Lipinski definition) is 2. The highest BCUT2D eigenvalue weighted by atomic mass is 35.5. The molecular weight excluding hydrogens is 222 g/mol. The smallest absolute Gasteiger partial charge is 0.0811 e. The average Bonchev–Trinajstić information content (AvgIpc) is 2.47. The second-order valence-corrected chi connectivity index (χ2v) is 5.10. The first-order chi connectivity index (χ1) is 7.68. The van der Waals surface area contributed by atoms with E-state index in [-0.39, 0.29) is 0 Å². The normalized spacial score (nSPS) is 26.4. The molecule has 3 heteroatoms. The van der Waals surface area contributed by atoms with Crippen LogP contribution in [-0.4, -0.2) is 23.8 Å². The van der Waals surface area contributed by atoms with E-state index < -0.39 is 5.60 Å². The minimum Gasteiger partial charge on any atom is -0.388 e. The summed E-state index contributed by atoms with van der Waals surface area (Å²) in [6.45, 7) is 1.71. The SMILES string of the molecule is OC1(Cc2ccc(Cl)cc2)CCCCNC1. The molecule has 0 amide bonds. The molecular formula is C13H18ClNO. The zero-order chi connectivity index (χ0) is 11.4. The zero-order valence-electron chi connectivity index (χ0n) is 9.38. The molecule has 88 valence electrons. The molecule has 0 bridgehead atoms. The van der Waals surface area contributed by atoms with Crippen LogP contribution in [0.15, 0.2) is 24.3 Å². The Morgan fingerprint density at radius 1 is 1.25 bits per heavy atom. The molecule has 1 aromatic carbocycles. The molecule has 0 aliphatic carbocycles. The predicted molar refractivity (Wildman–Crippen MR) is 66.8 cm³/mol. The van der Waals surface area contributed by atoms with Gasteiger partial charge in [-0.3, -0.25) is 0 Å². The van der Waals surface area contributed by atoms with Gasteiger partial charge in [-0.1, -0.05) is 23.7 Å². The summed E-state index contributed by atoms with van der Waals surface area (Å²) < 4.78 is 0. The first kappa shape index (κ1) is 11.9. The summed E-state index contributed by atoms with van der Waals surface area (Å²) in [6.07, 6.45) is 3.83. The van der Waals surface area contributed by atoms with Crippen molar-refractivity contribution in [1.82, 2.24) is 5.32 Å². The molecule has 1 aliphatic heterocycles.